The number of hydrogen-bond donors (Lipinski definition) is 1. The van der Waals surface area contributed by atoms with E-state index in [1.54, 1.807) is 36.4 Å². The van der Waals surface area contributed by atoms with Gasteiger partial charge in [0, 0.05) is 22.9 Å². The molecule has 162 valence electrons. The fourth-order valence-electron chi connectivity index (χ4n) is 3.38. The fourth-order valence-corrected chi connectivity index (χ4v) is 3.71. The molecule has 0 fully saturated rings. The van der Waals surface area contributed by atoms with Gasteiger partial charge in [-0.2, -0.15) is 0 Å². The van der Waals surface area contributed by atoms with Crippen molar-refractivity contribution in [3.63, 3.8) is 0 Å². The summed E-state index contributed by atoms with van der Waals surface area (Å²) in [6.45, 7) is -0.144. The Morgan fingerprint density at radius 1 is 0.969 bits per heavy atom. The van der Waals surface area contributed by atoms with Gasteiger partial charge in [-0.1, -0.05) is 36.4 Å². The molecule has 1 N–H and O–H groups in total. The molecule has 4 aromatic rings. The Balaban J connectivity index is 1.56. The maximum Gasteiger partial charge on any atom is 0.269 e. The number of aromatic nitrogens is 4. The summed E-state index contributed by atoms with van der Waals surface area (Å²) in [5.74, 6) is 0.257. The lowest BCUT2D eigenvalue weighted by Gasteiger charge is -2.05. The highest BCUT2D eigenvalue weighted by Crippen LogP contribution is 2.11. The zero-order valence-electron chi connectivity index (χ0n) is 16.9. The van der Waals surface area contributed by atoms with Gasteiger partial charge in [-0.15, -0.1) is 33.0 Å². The largest absolute Gasteiger partial charge is 0.292 e. The first-order valence-electron chi connectivity index (χ1n) is 9.82. The number of Topliss-reactive ketones (excluding diaryl/α,β-unsaturated/α-hetero) is 2. The van der Waals surface area contributed by atoms with Gasteiger partial charge in [0.05, 0.1) is 6.54 Å². The van der Waals surface area contributed by atoms with Crippen molar-refractivity contribution >= 4 is 45.8 Å². The first kappa shape index (κ1) is 21.9. The van der Waals surface area contributed by atoms with E-state index in [4.69, 9.17) is 23.2 Å². The number of ketones is 2. The Hall–Kier alpha value is -3.29. The molecule has 7 nitrogen and oxygen atoms in total. The molecule has 0 unspecified atom stereocenters. The molecule has 2 aromatic carbocycles. The molecule has 4 rings (SSSR count). The van der Waals surface area contributed by atoms with Crippen molar-refractivity contribution in [1.29, 1.82) is 0 Å². The molecule has 0 radical (unpaired) electrons. The van der Waals surface area contributed by atoms with E-state index < -0.39 is 0 Å². The number of aromatic amines is 1. The lowest BCUT2D eigenvalue weighted by Crippen LogP contribution is -2.39. The van der Waals surface area contributed by atoms with Crippen molar-refractivity contribution in [2.24, 2.45) is 0 Å². The first-order chi connectivity index (χ1) is 15.5. The van der Waals surface area contributed by atoms with E-state index >= 15 is 0 Å². The molecule has 0 saturated carbocycles. The lowest BCUT2D eigenvalue weighted by molar-refractivity contribution is -0.735. The van der Waals surface area contributed by atoms with Crippen molar-refractivity contribution in [1.82, 2.24) is 14.6 Å². The maximum atomic E-state index is 12.9. The normalized spacial score (nSPS) is 11.1. The van der Waals surface area contributed by atoms with Crippen LogP contribution in [0.2, 0.25) is 0 Å². The van der Waals surface area contributed by atoms with Crippen LogP contribution in [-0.4, -0.2) is 26.2 Å². The number of halogens is 2. The third kappa shape index (κ3) is 4.64. The summed E-state index contributed by atoms with van der Waals surface area (Å²) >= 11 is 11.7. The molecule has 0 bridgehead atoms. The van der Waals surface area contributed by atoms with Crippen LogP contribution < -0.4 is 10.2 Å². The van der Waals surface area contributed by atoms with Crippen molar-refractivity contribution in [2.75, 3.05) is 0 Å². The molecule has 0 saturated heterocycles. The monoisotopic (exact) mass is 469 g/mol. The van der Waals surface area contributed by atoms with Crippen LogP contribution in [-0.2, 0) is 24.8 Å². The number of H-pyrrole nitrogens is 1. The average Bonchev–Trinajstić information content (AvgIpc) is 3.24. The SMILES string of the molecule is O=C(Cn1cnc2[nH][n+](CC(=O)c3cccc(CCl)c3)cc2c1=O)c1cccc(CCl)c1. The van der Waals surface area contributed by atoms with E-state index in [2.05, 4.69) is 10.1 Å². The van der Waals surface area contributed by atoms with Gasteiger partial charge in [0.25, 0.3) is 5.56 Å². The molecule has 2 heterocycles. The number of fused-ring (bicyclic) bond motifs is 1. The lowest BCUT2D eigenvalue weighted by atomic mass is 10.1. The summed E-state index contributed by atoms with van der Waals surface area (Å²) in [6, 6.07) is 14.1. The third-order valence-electron chi connectivity index (χ3n) is 5.04. The minimum Gasteiger partial charge on any atom is -0.292 e. The van der Waals surface area contributed by atoms with Gasteiger partial charge < -0.3 is 0 Å². The molecule has 0 amide bonds. The van der Waals surface area contributed by atoms with Gasteiger partial charge in [0.15, 0.2) is 11.2 Å². The Morgan fingerprint density at radius 3 is 2.22 bits per heavy atom. The van der Waals surface area contributed by atoms with Crippen LogP contribution in [0, 0.1) is 0 Å². The molecule has 0 aliphatic rings. The quantitative estimate of drug-likeness (QED) is 0.243. The molecule has 9 heteroatoms. The molecule has 2 aromatic heterocycles. The van der Waals surface area contributed by atoms with E-state index in [0.29, 0.717) is 28.5 Å². The van der Waals surface area contributed by atoms with E-state index in [-0.39, 0.29) is 35.6 Å². The van der Waals surface area contributed by atoms with Crippen LogP contribution in [0.5, 0.6) is 0 Å². The van der Waals surface area contributed by atoms with E-state index in [1.807, 2.05) is 12.1 Å². The van der Waals surface area contributed by atoms with Gasteiger partial charge in [0.1, 0.15) is 6.33 Å². The smallest absolute Gasteiger partial charge is 0.269 e. The van der Waals surface area contributed by atoms with Crippen LogP contribution in [0.3, 0.4) is 0 Å². The number of alkyl halides is 2. The minimum atomic E-state index is -0.372. The van der Waals surface area contributed by atoms with Gasteiger partial charge in [-0.05, 0) is 23.3 Å². The number of benzene rings is 2. The summed E-state index contributed by atoms with van der Waals surface area (Å²) in [5, 5.41) is 3.23. The molecular weight excluding hydrogens is 451 g/mol. The maximum absolute atomic E-state index is 12.9. The fraction of sp³-hybridized carbons (Fsp3) is 0.174. The van der Waals surface area contributed by atoms with Crippen molar-refractivity contribution in [2.45, 2.75) is 24.8 Å². The Kier molecular flexibility index (Phi) is 6.48. The summed E-state index contributed by atoms with van der Waals surface area (Å²) in [6.07, 6.45) is 2.85. The highest BCUT2D eigenvalue weighted by Gasteiger charge is 2.19. The summed E-state index contributed by atoms with van der Waals surface area (Å²) in [4.78, 5) is 42.4. The first-order valence-corrected chi connectivity index (χ1v) is 10.9. The van der Waals surface area contributed by atoms with Crippen LogP contribution >= 0.6 is 23.2 Å². The molecule has 0 aliphatic carbocycles. The van der Waals surface area contributed by atoms with Crippen molar-refractivity contribution < 1.29 is 14.3 Å². The Labute approximate surface area is 193 Å². The molecule has 32 heavy (non-hydrogen) atoms. The zero-order chi connectivity index (χ0) is 22.7. The highest BCUT2D eigenvalue weighted by atomic mass is 35.5. The Morgan fingerprint density at radius 2 is 1.59 bits per heavy atom. The number of nitrogens with one attached hydrogen (secondary N) is 1. The van der Waals surface area contributed by atoms with E-state index in [1.165, 1.54) is 21.8 Å². The standard InChI is InChI=1S/C23H18Cl2N4O3/c24-9-15-3-1-5-17(7-15)20(30)12-28-14-26-22-19(23(28)32)11-29(27-22)13-21(31)18-6-2-4-16(8-18)10-25/h1-8,11,14H,9-10,12-13H2/p+1. The number of nitrogens with zero attached hydrogens (tertiary/aromatic N) is 3. The summed E-state index contributed by atoms with van der Waals surface area (Å²) in [7, 11) is 0. The highest BCUT2D eigenvalue weighted by molar-refractivity contribution is 6.17. The van der Waals surface area contributed by atoms with Crippen LogP contribution in [0.25, 0.3) is 11.0 Å². The van der Waals surface area contributed by atoms with Gasteiger partial charge in [-0.25, -0.2) is 4.98 Å². The number of hydrogen-bond acceptors (Lipinski definition) is 4. The second-order valence-corrected chi connectivity index (χ2v) is 7.86. The van der Waals surface area contributed by atoms with Gasteiger partial charge >= 0.3 is 0 Å². The topological polar surface area (TPSA) is 88.7 Å². The summed E-state index contributed by atoms with van der Waals surface area (Å²) in [5.41, 5.74) is 2.65. The average molecular weight is 470 g/mol. The predicted molar refractivity (Wildman–Crippen MR) is 121 cm³/mol. The van der Waals surface area contributed by atoms with Crippen LogP contribution in [0.1, 0.15) is 31.8 Å². The van der Waals surface area contributed by atoms with Crippen molar-refractivity contribution in [3.8, 4) is 0 Å². The zero-order valence-corrected chi connectivity index (χ0v) is 18.4. The number of carbonyl (C=O) groups excluding carboxylic acids is 2. The van der Waals surface area contributed by atoms with Crippen LogP contribution in [0.4, 0.5) is 0 Å². The molecular formula is C23H19Cl2N4O3+. The second kappa shape index (κ2) is 9.46. The van der Waals surface area contributed by atoms with E-state index in [9.17, 15) is 14.4 Å². The van der Waals surface area contributed by atoms with Crippen molar-refractivity contribution in [3.05, 3.63) is 93.7 Å². The van der Waals surface area contributed by atoms with Crippen LogP contribution in [0.15, 0.2) is 65.8 Å². The van der Waals surface area contributed by atoms with E-state index in [0.717, 1.165) is 11.1 Å². The minimum absolute atomic E-state index is 0.00564. The molecule has 0 aliphatic heterocycles. The number of carbonyl (C=O) groups is 2. The number of rotatable bonds is 8. The third-order valence-corrected chi connectivity index (χ3v) is 5.66. The summed E-state index contributed by atoms with van der Waals surface area (Å²) < 4.78 is 2.76. The van der Waals surface area contributed by atoms with Gasteiger partial charge in [-0.3, -0.25) is 19.0 Å². The Bertz CT molecular complexity index is 1380. The second-order valence-electron chi connectivity index (χ2n) is 7.32. The molecule has 0 spiro atoms. The predicted octanol–water partition coefficient (Wildman–Crippen LogP) is 3.26. The molecule has 0 atom stereocenters. The van der Waals surface area contributed by atoms with Gasteiger partial charge in [0.2, 0.25) is 24.2 Å².